The molecular formula is C22H16ClFN2O3. The summed E-state index contributed by atoms with van der Waals surface area (Å²) in [4.78, 5) is 19.7. The predicted octanol–water partition coefficient (Wildman–Crippen LogP) is 4.97. The number of aromatic nitrogens is 2. The van der Waals surface area contributed by atoms with Crippen molar-refractivity contribution in [3.05, 3.63) is 87.4 Å². The Hall–Kier alpha value is -3.38. The molecule has 7 heteroatoms. The predicted molar refractivity (Wildman–Crippen MR) is 110 cm³/mol. The summed E-state index contributed by atoms with van der Waals surface area (Å²) in [6.45, 7) is -0.0764. The Balaban J connectivity index is 1.71. The summed E-state index contributed by atoms with van der Waals surface area (Å²) in [6.07, 6.45) is 0. The lowest BCUT2D eigenvalue weighted by atomic mass is 10.1. The zero-order valence-electron chi connectivity index (χ0n) is 15.4. The molecule has 0 saturated heterocycles. The molecule has 146 valence electrons. The minimum Gasteiger partial charge on any atom is -0.493 e. The summed E-state index contributed by atoms with van der Waals surface area (Å²) in [5.41, 5.74) is 1.23. The Morgan fingerprint density at radius 3 is 2.69 bits per heavy atom. The van der Waals surface area contributed by atoms with Gasteiger partial charge >= 0.3 is 0 Å². The summed E-state index contributed by atoms with van der Waals surface area (Å²) in [6, 6.07) is 16.7. The van der Waals surface area contributed by atoms with Gasteiger partial charge in [-0.3, -0.25) is 4.79 Å². The van der Waals surface area contributed by atoms with Crippen LogP contribution < -0.4 is 15.0 Å². The average molecular weight is 411 g/mol. The molecule has 1 N–H and O–H groups in total. The number of hydrogen-bond acceptors (Lipinski definition) is 4. The van der Waals surface area contributed by atoms with Crippen LogP contribution in [-0.4, -0.2) is 17.1 Å². The van der Waals surface area contributed by atoms with Gasteiger partial charge in [0, 0.05) is 11.1 Å². The van der Waals surface area contributed by atoms with Crippen molar-refractivity contribution >= 4 is 22.5 Å². The molecule has 0 saturated carbocycles. The van der Waals surface area contributed by atoms with Crippen LogP contribution in [0.4, 0.5) is 4.39 Å². The number of fused-ring (bicyclic) bond motifs is 1. The topological polar surface area (TPSA) is 64.2 Å². The number of methoxy groups -OCH3 is 1. The molecule has 0 aliphatic rings. The van der Waals surface area contributed by atoms with E-state index in [1.165, 1.54) is 19.2 Å². The Bertz CT molecular complexity index is 1240. The van der Waals surface area contributed by atoms with Gasteiger partial charge in [-0.25, -0.2) is 9.37 Å². The minimum atomic E-state index is -0.451. The normalized spacial score (nSPS) is 10.9. The van der Waals surface area contributed by atoms with E-state index in [0.717, 1.165) is 0 Å². The third-order valence-corrected chi connectivity index (χ3v) is 4.84. The Kier molecular flexibility index (Phi) is 5.18. The van der Waals surface area contributed by atoms with E-state index in [0.29, 0.717) is 33.8 Å². The van der Waals surface area contributed by atoms with Crippen molar-refractivity contribution < 1.29 is 13.9 Å². The Morgan fingerprint density at radius 2 is 1.90 bits per heavy atom. The van der Waals surface area contributed by atoms with Crippen molar-refractivity contribution in [2.75, 3.05) is 7.11 Å². The summed E-state index contributed by atoms with van der Waals surface area (Å²) in [5, 5.41) is 0.788. The first-order valence-corrected chi connectivity index (χ1v) is 9.18. The largest absolute Gasteiger partial charge is 0.493 e. The molecule has 0 aliphatic carbocycles. The summed E-state index contributed by atoms with van der Waals surface area (Å²) < 4.78 is 25.1. The number of ether oxygens (including phenoxy) is 2. The number of rotatable bonds is 5. The third-order valence-electron chi connectivity index (χ3n) is 4.48. The van der Waals surface area contributed by atoms with Gasteiger partial charge < -0.3 is 14.5 Å². The number of nitrogens with zero attached hydrogens (tertiary/aromatic N) is 1. The quantitative estimate of drug-likeness (QED) is 0.504. The van der Waals surface area contributed by atoms with Crippen LogP contribution in [0, 0.1) is 5.82 Å². The van der Waals surface area contributed by atoms with E-state index in [-0.39, 0.29) is 22.8 Å². The lowest BCUT2D eigenvalue weighted by molar-refractivity contribution is 0.280. The van der Waals surface area contributed by atoms with Gasteiger partial charge in [0.2, 0.25) is 0 Å². The van der Waals surface area contributed by atoms with Crippen molar-refractivity contribution in [3.63, 3.8) is 0 Å². The third kappa shape index (κ3) is 3.79. The second kappa shape index (κ2) is 7.93. The fourth-order valence-electron chi connectivity index (χ4n) is 2.98. The second-order valence-corrected chi connectivity index (χ2v) is 6.69. The van der Waals surface area contributed by atoms with Gasteiger partial charge in [-0.1, -0.05) is 29.8 Å². The first-order chi connectivity index (χ1) is 14.1. The van der Waals surface area contributed by atoms with Crippen molar-refractivity contribution in [2.45, 2.75) is 6.61 Å². The molecule has 0 spiro atoms. The van der Waals surface area contributed by atoms with Gasteiger partial charge in [0.25, 0.3) is 5.56 Å². The van der Waals surface area contributed by atoms with Gasteiger partial charge in [-0.2, -0.15) is 0 Å². The maximum Gasteiger partial charge on any atom is 0.259 e. The molecule has 4 aromatic rings. The van der Waals surface area contributed by atoms with Gasteiger partial charge in [-0.05, 0) is 42.5 Å². The standard InChI is InChI=1S/C22H16ClFN2O3/c1-28-19-10-9-13(21-25-18-8-3-2-5-14(18)22(27)26-21)11-20(19)29-12-15-16(23)6-4-7-17(15)24/h2-11H,12H2,1H3,(H,25,26,27). The highest BCUT2D eigenvalue weighted by Crippen LogP contribution is 2.33. The van der Waals surface area contributed by atoms with Crippen LogP contribution in [0.1, 0.15) is 5.56 Å². The van der Waals surface area contributed by atoms with Crippen LogP contribution in [0.2, 0.25) is 5.02 Å². The zero-order chi connectivity index (χ0) is 20.4. The van der Waals surface area contributed by atoms with E-state index < -0.39 is 5.82 Å². The number of hydrogen-bond donors (Lipinski definition) is 1. The molecule has 4 rings (SSSR count). The maximum atomic E-state index is 14.0. The van der Waals surface area contributed by atoms with Crippen molar-refractivity contribution in [1.82, 2.24) is 9.97 Å². The summed E-state index contributed by atoms with van der Waals surface area (Å²) >= 11 is 6.07. The number of benzene rings is 3. The Morgan fingerprint density at radius 1 is 1.07 bits per heavy atom. The van der Waals surface area contributed by atoms with E-state index in [9.17, 15) is 9.18 Å². The second-order valence-electron chi connectivity index (χ2n) is 6.29. The van der Waals surface area contributed by atoms with Crippen LogP contribution in [0.3, 0.4) is 0 Å². The summed E-state index contributed by atoms with van der Waals surface area (Å²) in [5.74, 6) is 0.780. The smallest absolute Gasteiger partial charge is 0.259 e. The molecule has 5 nitrogen and oxygen atoms in total. The lowest BCUT2D eigenvalue weighted by Crippen LogP contribution is -2.09. The van der Waals surface area contributed by atoms with Crippen LogP contribution in [0.15, 0.2) is 65.5 Å². The van der Waals surface area contributed by atoms with Gasteiger partial charge in [-0.15, -0.1) is 0 Å². The van der Waals surface area contributed by atoms with E-state index in [4.69, 9.17) is 21.1 Å². The fourth-order valence-corrected chi connectivity index (χ4v) is 3.20. The van der Waals surface area contributed by atoms with Crippen LogP contribution in [0.5, 0.6) is 11.5 Å². The van der Waals surface area contributed by atoms with E-state index in [1.54, 1.807) is 42.5 Å². The van der Waals surface area contributed by atoms with Crippen molar-refractivity contribution in [2.24, 2.45) is 0 Å². The van der Waals surface area contributed by atoms with E-state index in [2.05, 4.69) is 9.97 Å². The molecule has 0 radical (unpaired) electrons. The monoisotopic (exact) mass is 410 g/mol. The van der Waals surface area contributed by atoms with Crippen LogP contribution in [0.25, 0.3) is 22.3 Å². The molecule has 0 fully saturated rings. The summed E-state index contributed by atoms with van der Waals surface area (Å²) in [7, 11) is 1.51. The van der Waals surface area contributed by atoms with Crippen LogP contribution in [-0.2, 0) is 6.61 Å². The van der Waals surface area contributed by atoms with Crippen LogP contribution >= 0.6 is 11.6 Å². The number of halogens is 2. The molecule has 0 amide bonds. The number of aromatic amines is 1. The first-order valence-electron chi connectivity index (χ1n) is 8.80. The molecule has 1 heterocycles. The van der Waals surface area contributed by atoms with Gasteiger partial charge in [0.05, 0.1) is 23.0 Å². The molecule has 0 aliphatic heterocycles. The highest BCUT2D eigenvalue weighted by atomic mass is 35.5. The lowest BCUT2D eigenvalue weighted by Gasteiger charge is -2.13. The molecule has 0 unspecified atom stereocenters. The van der Waals surface area contributed by atoms with Crippen molar-refractivity contribution in [1.29, 1.82) is 0 Å². The first kappa shape index (κ1) is 19.0. The molecule has 1 aromatic heterocycles. The average Bonchev–Trinajstić information content (AvgIpc) is 2.73. The maximum absolute atomic E-state index is 14.0. The molecule has 0 bridgehead atoms. The minimum absolute atomic E-state index is 0.0764. The van der Waals surface area contributed by atoms with Crippen molar-refractivity contribution in [3.8, 4) is 22.9 Å². The molecule has 29 heavy (non-hydrogen) atoms. The molecule has 3 aromatic carbocycles. The van der Waals surface area contributed by atoms with Gasteiger partial charge in [0.1, 0.15) is 18.2 Å². The highest BCUT2D eigenvalue weighted by molar-refractivity contribution is 6.31. The SMILES string of the molecule is COc1ccc(-c2nc3ccccc3c(=O)[nH]2)cc1OCc1c(F)cccc1Cl. The zero-order valence-corrected chi connectivity index (χ0v) is 16.2. The van der Waals surface area contributed by atoms with E-state index >= 15 is 0 Å². The molecule has 0 atom stereocenters. The number of nitrogens with one attached hydrogen (secondary N) is 1. The number of H-pyrrole nitrogens is 1. The Labute approximate surface area is 170 Å². The molecular weight excluding hydrogens is 395 g/mol. The van der Waals surface area contributed by atoms with Gasteiger partial charge in [0.15, 0.2) is 11.5 Å². The highest BCUT2D eigenvalue weighted by Gasteiger charge is 2.13. The number of para-hydroxylation sites is 1. The van der Waals surface area contributed by atoms with E-state index in [1.807, 2.05) is 6.07 Å². The fraction of sp³-hybridized carbons (Fsp3) is 0.0909.